The number of aliphatic carboxylic acids is 1. The molecule has 4 rings (SSSR count). The van der Waals surface area contributed by atoms with E-state index in [1.807, 2.05) is 80.6 Å². The molecule has 1 heterocycles. The molecule has 0 bridgehead atoms. The van der Waals surface area contributed by atoms with Crippen LogP contribution in [-0.2, 0) is 20.9 Å². The molecule has 0 aliphatic carbocycles. The van der Waals surface area contributed by atoms with Gasteiger partial charge < -0.3 is 28.5 Å². The molecule has 0 saturated carbocycles. The minimum atomic E-state index is -1.30. The van der Waals surface area contributed by atoms with Crippen LogP contribution in [0.3, 0.4) is 0 Å². The van der Waals surface area contributed by atoms with Crippen LogP contribution in [0.2, 0.25) is 0 Å². The highest BCUT2D eigenvalue weighted by molar-refractivity contribution is 5.86. The van der Waals surface area contributed by atoms with Crippen molar-refractivity contribution in [1.29, 1.82) is 0 Å². The molecule has 6 heteroatoms. The van der Waals surface area contributed by atoms with Crippen LogP contribution in [0.25, 0.3) is 11.0 Å². The Morgan fingerprint density at radius 3 is 2.18 bits per heavy atom. The first-order chi connectivity index (χ1) is 15.9. The molecule has 0 spiro atoms. The lowest BCUT2D eigenvalue weighted by Gasteiger charge is -2.31. The number of fused-ring (bicyclic) bond motifs is 1. The zero-order chi connectivity index (χ0) is 23.3. The van der Waals surface area contributed by atoms with Crippen molar-refractivity contribution in [3.63, 3.8) is 0 Å². The number of carboxylic acids is 1. The maximum absolute atomic E-state index is 10.7. The Morgan fingerprint density at radius 2 is 1.58 bits per heavy atom. The van der Waals surface area contributed by atoms with Crippen LogP contribution in [0.5, 0.6) is 5.75 Å². The monoisotopic (exact) mass is 445 g/mol. The van der Waals surface area contributed by atoms with Crippen molar-refractivity contribution in [1.82, 2.24) is 0 Å². The van der Waals surface area contributed by atoms with Crippen LogP contribution in [-0.4, -0.2) is 18.4 Å². The fourth-order valence-corrected chi connectivity index (χ4v) is 3.60. The molecule has 0 atom stereocenters. The minimum absolute atomic E-state index is 0.236. The zero-order valence-corrected chi connectivity index (χ0v) is 18.5. The van der Waals surface area contributed by atoms with Gasteiger partial charge in [-0.1, -0.05) is 72.8 Å². The van der Waals surface area contributed by atoms with Crippen molar-refractivity contribution in [2.45, 2.75) is 32.3 Å². The third-order valence-corrected chi connectivity index (χ3v) is 5.17. The maximum Gasteiger partial charge on any atom is 0.176 e. The summed E-state index contributed by atoms with van der Waals surface area (Å²) < 4.78 is 23.5. The highest BCUT2D eigenvalue weighted by Gasteiger charge is 2.27. The smallest absolute Gasteiger partial charge is 0.176 e. The number of hydrogen-bond donors (Lipinski definition) is 0. The van der Waals surface area contributed by atoms with Crippen molar-refractivity contribution in [3.05, 3.63) is 102 Å². The van der Waals surface area contributed by atoms with Gasteiger partial charge in [-0.3, -0.25) is 0 Å². The summed E-state index contributed by atoms with van der Waals surface area (Å²) in [5, 5.41) is 11.5. The third kappa shape index (κ3) is 5.61. The molecule has 6 nitrogen and oxygen atoms in total. The summed E-state index contributed by atoms with van der Waals surface area (Å²) in [7, 11) is 0. The molecule has 0 fully saturated rings. The third-order valence-electron chi connectivity index (χ3n) is 5.17. The molecular formula is C27H25O6-. The number of carbonyl (C=O) groups is 1. The molecule has 3 aromatic carbocycles. The molecule has 1 aromatic heterocycles. The lowest BCUT2D eigenvalue weighted by molar-refractivity contribution is -0.307. The topological polar surface area (TPSA) is 81.0 Å². The van der Waals surface area contributed by atoms with Gasteiger partial charge in [-0.2, -0.15) is 0 Å². The largest absolute Gasteiger partial charge is 0.546 e. The van der Waals surface area contributed by atoms with Gasteiger partial charge in [0.2, 0.25) is 0 Å². The Hall–Kier alpha value is -3.61. The van der Waals surface area contributed by atoms with E-state index in [9.17, 15) is 9.90 Å². The normalized spacial score (nSPS) is 11.7. The van der Waals surface area contributed by atoms with Gasteiger partial charge in [0.05, 0.1) is 18.8 Å². The molecule has 0 aliphatic heterocycles. The van der Waals surface area contributed by atoms with Crippen LogP contribution < -0.4 is 9.84 Å². The Kier molecular flexibility index (Phi) is 6.77. The van der Waals surface area contributed by atoms with Gasteiger partial charge in [-0.15, -0.1) is 0 Å². The summed E-state index contributed by atoms with van der Waals surface area (Å²) in [6, 6.07) is 25.3. The lowest BCUT2D eigenvalue weighted by Crippen LogP contribution is -2.30. The van der Waals surface area contributed by atoms with Crippen LogP contribution in [0.15, 0.2) is 89.5 Å². The molecule has 0 saturated heterocycles. The summed E-state index contributed by atoms with van der Waals surface area (Å²) in [6.07, 6.45) is 1.28. The van der Waals surface area contributed by atoms with E-state index >= 15 is 0 Å². The van der Waals surface area contributed by atoms with Gasteiger partial charge in [0, 0.05) is 10.9 Å². The molecule has 0 amide bonds. The number of carbonyl (C=O) groups excluding carboxylic acids is 1. The zero-order valence-electron chi connectivity index (χ0n) is 18.5. The molecule has 0 aliphatic rings. The first-order valence-corrected chi connectivity index (χ1v) is 10.7. The first kappa shape index (κ1) is 22.6. The van der Waals surface area contributed by atoms with Crippen molar-refractivity contribution in [2.75, 3.05) is 6.61 Å². The Morgan fingerprint density at radius 1 is 0.939 bits per heavy atom. The molecule has 33 heavy (non-hydrogen) atoms. The van der Waals surface area contributed by atoms with Crippen LogP contribution >= 0.6 is 0 Å². The fourth-order valence-electron chi connectivity index (χ4n) is 3.60. The average Bonchev–Trinajstić information content (AvgIpc) is 3.25. The number of rotatable bonds is 10. The van der Waals surface area contributed by atoms with E-state index in [0.29, 0.717) is 11.3 Å². The Balaban J connectivity index is 1.51. The number of carboxylic acid groups (broad SMARTS) is 1. The molecule has 0 radical (unpaired) electrons. The molecule has 4 aromatic rings. The number of para-hydroxylation sites is 1. The van der Waals surface area contributed by atoms with Gasteiger partial charge >= 0.3 is 0 Å². The van der Waals surface area contributed by atoms with E-state index in [4.69, 9.17) is 18.6 Å². The fraction of sp³-hybridized carbons (Fsp3) is 0.222. The van der Waals surface area contributed by atoms with Crippen molar-refractivity contribution in [3.8, 4) is 5.75 Å². The van der Waals surface area contributed by atoms with E-state index < -0.39 is 18.4 Å². The van der Waals surface area contributed by atoms with Crippen LogP contribution in [0.4, 0.5) is 0 Å². The van der Waals surface area contributed by atoms with E-state index in [1.54, 1.807) is 18.4 Å². The first-order valence-electron chi connectivity index (χ1n) is 10.7. The Bertz CT molecular complexity index is 1160. The quantitative estimate of drug-likeness (QED) is 0.331. The maximum atomic E-state index is 10.7. The van der Waals surface area contributed by atoms with Crippen molar-refractivity contribution >= 4 is 16.9 Å². The van der Waals surface area contributed by atoms with Gasteiger partial charge in [0.15, 0.2) is 17.1 Å². The van der Waals surface area contributed by atoms with E-state index in [1.165, 1.54) is 0 Å². The lowest BCUT2D eigenvalue weighted by atomic mass is 10.0. The van der Waals surface area contributed by atoms with Gasteiger partial charge in [0.1, 0.15) is 12.7 Å². The molecule has 0 N–H and O–H groups in total. The van der Waals surface area contributed by atoms with Gasteiger partial charge in [-0.25, -0.2) is 0 Å². The second-order valence-electron chi connectivity index (χ2n) is 8.06. The summed E-state index contributed by atoms with van der Waals surface area (Å²) >= 11 is 0. The average molecular weight is 445 g/mol. The summed E-state index contributed by atoms with van der Waals surface area (Å²) in [5.74, 6) is -1.87. The highest BCUT2D eigenvalue weighted by Crippen LogP contribution is 2.34. The molecule has 0 unspecified atom stereocenters. The SMILES string of the molecule is CC(C)(OCc1coc2c(OCC(=O)[O-])cccc12)OC(c1ccccc1)c1ccccc1. The van der Waals surface area contributed by atoms with Gasteiger partial charge in [-0.05, 0) is 31.0 Å². The van der Waals surface area contributed by atoms with E-state index in [2.05, 4.69) is 0 Å². The summed E-state index contributed by atoms with van der Waals surface area (Å²) in [5.41, 5.74) is 3.33. The van der Waals surface area contributed by atoms with Crippen LogP contribution in [0, 0.1) is 0 Å². The van der Waals surface area contributed by atoms with E-state index in [0.717, 1.165) is 22.1 Å². The summed E-state index contributed by atoms with van der Waals surface area (Å²) in [6.45, 7) is 3.44. The number of ether oxygens (including phenoxy) is 3. The van der Waals surface area contributed by atoms with Crippen molar-refractivity contribution in [2.24, 2.45) is 0 Å². The molecule has 170 valence electrons. The molecular weight excluding hydrogens is 420 g/mol. The number of hydrogen-bond acceptors (Lipinski definition) is 6. The predicted molar refractivity (Wildman–Crippen MR) is 121 cm³/mol. The minimum Gasteiger partial charge on any atom is -0.546 e. The number of benzene rings is 3. The predicted octanol–water partition coefficient (Wildman–Crippen LogP) is 4.62. The standard InChI is InChI=1S/C27H26O6/c1-27(2,33-25(19-10-5-3-6-11-19)20-12-7-4-8-13-20)32-17-21-16-31-26-22(21)14-9-15-23(26)30-18-24(28)29/h3-16,25H,17-18H2,1-2H3,(H,28,29)/p-1. The summed E-state index contributed by atoms with van der Waals surface area (Å²) in [4.78, 5) is 10.7. The van der Waals surface area contributed by atoms with Crippen LogP contribution in [0.1, 0.15) is 36.6 Å². The number of furan rings is 1. The van der Waals surface area contributed by atoms with Gasteiger partial charge in [0.25, 0.3) is 0 Å². The Labute approximate surface area is 192 Å². The van der Waals surface area contributed by atoms with E-state index in [-0.39, 0.29) is 12.7 Å². The highest BCUT2D eigenvalue weighted by atomic mass is 16.7. The second-order valence-corrected chi connectivity index (χ2v) is 8.06. The van der Waals surface area contributed by atoms with Crippen molar-refractivity contribution < 1.29 is 28.5 Å². The second kappa shape index (κ2) is 9.90.